The van der Waals surface area contributed by atoms with Crippen molar-refractivity contribution in [1.29, 1.82) is 0 Å². The molecule has 1 heterocycles. The van der Waals surface area contributed by atoms with E-state index in [1.165, 1.54) is 14.0 Å². The molecule has 0 fully saturated rings. The maximum Gasteiger partial charge on any atom is 0.331 e. The number of carbonyl (C=O) groups is 1. The average molecular weight is 397 g/mol. The first-order chi connectivity index (χ1) is 11.6. The molecule has 0 atom stereocenters. The first-order valence-corrected chi connectivity index (χ1v) is 7.39. The summed E-state index contributed by atoms with van der Waals surface area (Å²) in [6.45, 7) is 1.49. The quantitative estimate of drug-likeness (QED) is 0.340. The van der Waals surface area contributed by atoms with Gasteiger partial charge in [0.1, 0.15) is 21.9 Å². The highest BCUT2D eigenvalue weighted by Crippen LogP contribution is 2.38. The minimum atomic E-state index is -1.74. The summed E-state index contributed by atoms with van der Waals surface area (Å²) in [7, 11) is 1.17. The molecule has 7 nitrogen and oxygen atoms in total. The van der Waals surface area contributed by atoms with Gasteiger partial charge in [-0.05, 0) is 0 Å². The van der Waals surface area contributed by atoms with Crippen LogP contribution in [-0.4, -0.2) is 27.7 Å². The molecule has 2 rings (SSSR count). The third-order valence-electron chi connectivity index (χ3n) is 3.31. The zero-order valence-corrected chi connectivity index (χ0v) is 14.2. The summed E-state index contributed by atoms with van der Waals surface area (Å²) < 4.78 is 42.5. The second-order valence-electron chi connectivity index (χ2n) is 4.75. The van der Waals surface area contributed by atoms with Crippen LogP contribution in [0.1, 0.15) is 13.3 Å². The fourth-order valence-corrected chi connectivity index (χ4v) is 2.56. The van der Waals surface area contributed by atoms with Gasteiger partial charge >= 0.3 is 5.69 Å². The first kappa shape index (κ1) is 19.0. The largest absolute Gasteiger partial charge is 0.331 e. The Hall–Kier alpha value is -2.33. The molecule has 1 amide bonds. The lowest BCUT2D eigenvalue weighted by molar-refractivity contribution is -0.384. The van der Waals surface area contributed by atoms with Crippen LogP contribution >= 0.6 is 23.2 Å². The molecule has 0 spiro atoms. The van der Waals surface area contributed by atoms with Gasteiger partial charge in [-0.3, -0.25) is 19.8 Å². The summed E-state index contributed by atoms with van der Waals surface area (Å²) in [5, 5.41) is 12.6. The van der Waals surface area contributed by atoms with Gasteiger partial charge in [0.05, 0.1) is 4.92 Å². The molecule has 0 aliphatic carbocycles. The minimum absolute atomic E-state index is 0.0433. The van der Waals surface area contributed by atoms with Crippen molar-refractivity contribution < 1.29 is 22.9 Å². The van der Waals surface area contributed by atoms with Crippen LogP contribution in [0, 0.1) is 27.6 Å². The highest BCUT2D eigenvalue weighted by Gasteiger charge is 2.32. The van der Waals surface area contributed by atoms with Crippen molar-refractivity contribution in [3.05, 3.63) is 43.8 Å². The number of anilines is 1. The van der Waals surface area contributed by atoms with Crippen LogP contribution in [-0.2, 0) is 4.79 Å². The van der Waals surface area contributed by atoms with Gasteiger partial charge in [0.2, 0.25) is 11.7 Å². The Morgan fingerprint density at radius 3 is 2.40 bits per heavy atom. The van der Waals surface area contributed by atoms with Gasteiger partial charge in [-0.1, -0.05) is 30.1 Å². The number of rotatable bonds is 4. The van der Waals surface area contributed by atoms with Crippen LogP contribution in [0.3, 0.4) is 0 Å². The fraction of sp³-hybridized carbons (Fsp3) is 0.231. The van der Waals surface area contributed by atoms with Gasteiger partial charge < -0.3 is 0 Å². The van der Waals surface area contributed by atoms with E-state index in [9.17, 15) is 28.1 Å². The van der Waals surface area contributed by atoms with E-state index in [0.717, 1.165) is 4.90 Å². The normalized spacial score (nSPS) is 10.8. The topological polar surface area (TPSA) is 81.3 Å². The summed E-state index contributed by atoms with van der Waals surface area (Å²) in [6, 6.07) is 0. The summed E-state index contributed by atoms with van der Waals surface area (Å²) >= 11 is 11.0. The molecule has 1 aromatic heterocycles. The van der Waals surface area contributed by atoms with Crippen LogP contribution in [0.2, 0.25) is 10.0 Å². The molecule has 0 N–H and O–H groups in total. The standard InChI is InChI=1S/C13H9Cl2F3N4O3/c1-3-6(23)20(2)13-5(22(24)25)4-19-21(13)12-8(15)9(16)7(14)10(17)11(12)18/h4H,3H2,1-2H3. The Balaban J connectivity index is 2.87. The van der Waals surface area contributed by atoms with Gasteiger partial charge in [0, 0.05) is 13.5 Å². The van der Waals surface area contributed by atoms with E-state index >= 15 is 0 Å². The lowest BCUT2D eigenvalue weighted by Gasteiger charge is -2.18. The molecular formula is C13H9Cl2F3N4O3. The van der Waals surface area contributed by atoms with Crippen molar-refractivity contribution in [2.75, 3.05) is 11.9 Å². The summed E-state index contributed by atoms with van der Waals surface area (Å²) in [5.41, 5.74) is -1.63. The number of carbonyl (C=O) groups excluding carboxylic acids is 1. The maximum absolute atomic E-state index is 14.3. The number of nitro groups is 1. The summed E-state index contributed by atoms with van der Waals surface area (Å²) in [6.07, 6.45) is 0.660. The smallest absolute Gasteiger partial charge is 0.294 e. The molecule has 0 aliphatic heterocycles. The second-order valence-corrected chi connectivity index (χ2v) is 5.50. The number of nitrogens with zero attached hydrogens (tertiary/aromatic N) is 4. The number of benzene rings is 1. The molecule has 25 heavy (non-hydrogen) atoms. The van der Waals surface area contributed by atoms with Gasteiger partial charge in [-0.2, -0.15) is 5.10 Å². The molecule has 12 heteroatoms. The summed E-state index contributed by atoms with van der Waals surface area (Å²) in [4.78, 5) is 23.0. The van der Waals surface area contributed by atoms with E-state index in [4.69, 9.17) is 23.2 Å². The molecule has 0 bridgehead atoms. The van der Waals surface area contributed by atoms with Gasteiger partial charge in [-0.25, -0.2) is 17.9 Å². The lowest BCUT2D eigenvalue weighted by atomic mass is 10.2. The van der Waals surface area contributed by atoms with E-state index in [-0.39, 0.29) is 6.42 Å². The molecule has 0 aliphatic rings. The molecule has 0 saturated heterocycles. The zero-order valence-electron chi connectivity index (χ0n) is 12.7. The molecule has 0 unspecified atom stereocenters. The van der Waals surface area contributed by atoms with Gasteiger partial charge in [-0.15, -0.1) is 0 Å². The van der Waals surface area contributed by atoms with Crippen molar-refractivity contribution in [3.8, 4) is 5.69 Å². The predicted molar refractivity (Wildman–Crippen MR) is 83.8 cm³/mol. The van der Waals surface area contributed by atoms with Crippen molar-refractivity contribution in [2.45, 2.75) is 13.3 Å². The zero-order chi connectivity index (χ0) is 19.0. The van der Waals surface area contributed by atoms with Gasteiger partial charge in [0.15, 0.2) is 17.5 Å². The van der Waals surface area contributed by atoms with E-state index in [1.54, 1.807) is 0 Å². The molecule has 0 saturated carbocycles. The lowest BCUT2D eigenvalue weighted by Crippen LogP contribution is -2.28. The SMILES string of the molecule is CCC(=O)N(C)c1c([N+](=O)[O-])cnn1-c1c(F)c(F)c(Cl)c(F)c1Cl. The van der Waals surface area contributed by atoms with E-state index in [0.29, 0.717) is 10.9 Å². The van der Waals surface area contributed by atoms with Crippen molar-refractivity contribution in [2.24, 2.45) is 0 Å². The number of hydrogen-bond donors (Lipinski definition) is 0. The predicted octanol–water partition coefficient (Wildman–Crippen LogP) is 3.88. The van der Waals surface area contributed by atoms with E-state index in [1.807, 2.05) is 0 Å². The Morgan fingerprint density at radius 2 is 1.88 bits per heavy atom. The fourth-order valence-electron chi connectivity index (χ4n) is 2.07. The molecule has 1 aromatic carbocycles. The Bertz CT molecular complexity index is 859. The summed E-state index contributed by atoms with van der Waals surface area (Å²) in [5.74, 6) is -5.99. The van der Waals surface area contributed by atoms with Crippen molar-refractivity contribution in [3.63, 3.8) is 0 Å². The third kappa shape index (κ3) is 3.02. The van der Waals surface area contributed by atoms with E-state index in [2.05, 4.69) is 5.10 Å². The Labute approximate surface area is 148 Å². The maximum atomic E-state index is 14.3. The van der Waals surface area contributed by atoms with Crippen LogP contribution in [0.4, 0.5) is 24.7 Å². The molecule has 2 aromatic rings. The van der Waals surface area contributed by atoms with Crippen LogP contribution in [0.15, 0.2) is 6.20 Å². The first-order valence-electron chi connectivity index (χ1n) is 6.64. The van der Waals surface area contributed by atoms with E-state index < -0.39 is 55.5 Å². The monoisotopic (exact) mass is 396 g/mol. The van der Waals surface area contributed by atoms with Crippen LogP contribution in [0.25, 0.3) is 5.69 Å². The van der Waals surface area contributed by atoms with Crippen LogP contribution < -0.4 is 4.90 Å². The molecular weight excluding hydrogens is 388 g/mol. The number of aromatic nitrogens is 2. The van der Waals surface area contributed by atoms with Gasteiger partial charge in [0.25, 0.3) is 0 Å². The van der Waals surface area contributed by atoms with Crippen molar-refractivity contribution in [1.82, 2.24) is 9.78 Å². The number of amides is 1. The number of halogens is 5. The Kier molecular flexibility index (Phi) is 5.23. The second kappa shape index (κ2) is 6.89. The Morgan fingerprint density at radius 1 is 1.28 bits per heavy atom. The number of hydrogen-bond acceptors (Lipinski definition) is 4. The minimum Gasteiger partial charge on any atom is -0.294 e. The highest BCUT2D eigenvalue weighted by atomic mass is 35.5. The highest BCUT2D eigenvalue weighted by molar-refractivity contribution is 6.36. The third-order valence-corrected chi connectivity index (χ3v) is 3.99. The average Bonchev–Trinajstić information content (AvgIpc) is 3.01. The molecule has 134 valence electrons. The molecule has 0 radical (unpaired) electrons. The van der Waals surface area contributed by atoms with Crippen LogP contribution in [0.5, 0.6) is 0 Å². The van der Waals surface area contributed by atoms with Crippen molar-refractivity contribution >= 4 is 40.6 Å².